The largest absolute Gasteiger partial charge is 0.337 e. The maximum Gasteiger partial charge on any atom is 0.254 e. The minimum Gasteiger partial charge on any atom is -0.337 e. The van der Waals surface area contributed by atoms with Crippen molar-refractivity contribution < 1.29 is 9.32 Å². The Morgan fingerprint density at radius 1 is 1.08 bits per heavy atom. The summed E-state index contributed by atoms with van der Waals surface area (Å²) < 4.78 is 5.52. The van der Waals surface area contributed by atoms with Crippen molar-refractivity contribution in [2.24, 2.45) is 0 Å². The molecule has 0 saturated carbocycles. The molecule has 0 bridgehead atoms. The lowest BCUT2D eigenvalue weighted by molar-refractivity contribution is 0.0561. The summed E-state index contributed by atoms with van der Waals surface area (Å²) in [5.74, 6) is 0.903. The third-order valence-corrected chi connectivity index (χ3v) is 4.96. The third kappa shape index (κ3) is 3.22. The molecule has 2 heterocycles. The Balaban J connectivity index is 1.63. The van der Waals surface area contributed by atoms with Gasteiger partial charge in [0.1, 0.15) is 6.04 Å². The van der Waals surface area contributed by atoms with Crippen molar-refractivity contribution in [1.29, 1.82) is 0 Å². The number of hydrogen-bond donors (Lipinski definition) is 0. The minimum absolute atomic E-state index is 0.00667. The second-order valence-corrected chi connectivity index (χ2v) is 6.72. The van der Waals surface area contributed by atoms with Gasteiger partial charge in [-0.05, 0) is 43.5 Å². The summed E-state index contributed by atoms with van der Waals surface area (Å²) >= 11 is 6.23. The van der Waals surface area contributed by atoms with Crippen LogP contribution in [-0.4, -0.2) is 27.5 Å². The van der Waals surface area contributed by atoms with Crippen molar-refractivity contribution in [3.8, 4) is 11.4 Å². The molecular formula is C20H18ClN3O2. The molecule has 1 aromatic heterocycles. The van der Waals surface area contributed by atoms with Gasteiger partial charge in [0.15, 0.2) is 0 Å². The van der Waals surface area contributed by atoms with E-state index in [0.717, 1.165) is 24.8 Å². The zero-order valence-electron chi connectivity index (χ0n) is 14.1. The summed E-state index contributed by atoms with van der Waals surface area (Å²) in [6, 6.07) is 16.5. The molecule has 26 heavy (non-hydrogen) atoms. The number of rotatable bonds is 3. The van der Waals surface area contributed by atoms with Crippen LogP contribution in [0.3, 0.4) is 0 Å². The Hall–Kier alpha value is -2.66. The topological polar surface area (TPSA) is 59.2 Å². The molecule has 0 N–H and O–H groups in total. The maximum atomic E-state index is 12.9. The molecular weight excluding hydrogens is 350 g/mol. The molecule has 4 rings (SSSR count). The highest BCUT2D eigenvalue weighted by Crippen LogP contribution is 2.33. The second kappa shape index (κ2) is 7.30. The Morgan fingerprint density at radius 2 is 1.85 bits per heavy atom. The Bertz CT molecular complexity index is 910. The van der Waals surface area contributed by atoms with Crippen LogP contribution < -0.4 is 0 Å². The van der Waals surface area contributed by atoms with Gasteiger partial charge in [0.05, 0.1) is 5.02 Å². The SMILES string of the molecule is O=C(c1ccccc1)N1CCCCC1c1nc(-c2ccccc2Cl)no1. The van der Waals surface area contributed by atoms with E-state index in [1.54, 1.807) is 6.07 Å². The van der Waals surface area contributed by atoms with E-state index >= 15 is 0 Å². The van der Waals surface area contributed by atoms with Crippen LogP contribution in [0.1, 0.15) is 41.6 Å². The summed E-state index contributed by atoms with van der Waals surface area (Å²) in [4.78, 5) is 19.3. The highest BCUT2D eigenvalue weighted by molar-refractivity contribution is 6.33. The van der Waals surface area contributed by atoms with Gasteiger partial charge in [-0.2, -0.15) is 4.98 Å². The highest BCUT2D eigenvalue weighted by atomic mass is 35.5. The van der Waals surface area contributed by atoms with E-state index in [2.05, 4.69) is 10.1 Å². The lowest BCUT2D eigenvalue weighted by Gasteiger charge is -2.33. The van der Waals surface area contributed by atoms with Crippen LogP contribution in [0.5, 0.6) is 0 Å². The van der Waals surface area contributed by atoms with Crippen molar-refractivity contribution in [3.63, 3.8) is 0 Å². The first-order chi connectivity index (χ1) is 12.7. The summed E-state index contributed by atoms with van der Waals surface area (Å²) in [7, 11) is 0. The molecule has 1 fully saturated rings. The van der Waals surface area contributed by atoms with Gasteiger partial charge in [0.2, 0.25) is 11.7 Å². The molecule has 132 valence electrons. The molecule has 0 radical (unpaired) electrons. The van der Waals surface area contributed by atoms with Crippen LogP contribution in [0.2, 0.25) is 5.02 Å². The van der Waals surface area contributed by atoms with Gasteiger partial charge in [-0.1, -0.05) is 47.1 Å². The Kier molecular flexibility index (Phi) is 4.71. The lowest BCUT2D eigenvalue weighted by atomic mass is 10.0. The van der Waals surface area contributed by atoms with E-state index in [0.29, 0.717) is 28.8 Å². The first-order valence-corrected chi connectivity index (χ1v) is 9.06. The molecule has 0 spiro atoms. The Labute approximate surface area is 156 Å². The minimum atomic E-state index is -0.208. The number of hydrogen-bond acceptors (Lipinski definition) is 4. The quantitative estimate of drug-likeness (QED) is 0.669. The van der Waals surface area contributed by atoms with Gasteiger partial charge in [-0.3, -0.25) is 4.79 Å². The summed E-state index contributed by atoms with van der Waals surface area (Å²) in [5, 5.41) is 4.65. The summed E-state index contributed by atoms with van der Waals surface area (Å²) in [5.41, 5.74) is 1.39. The van der Waals surface area contributed by atoms with E-state index in [1.165, 1.54) is 0 Å². The third-order valence-electron chi connectivity index (χ3n) is 4.63. The molecule has 1 saturated heterocycles. The fourth-order valence-electron chi connectivity index (χ4n) is 3.30. The average molecular weight is 368 g/mol. The summed E-state index contributed by atoms with van der Waals surface area (Å²) in [6.45, 7) is 0.683. The normalized spacial score (nSPS) is 17.3. The number of halogens is 1. The second-order valence-electron chi connectivity index (χ2n) is 6.31. The molecule has 1 unspecified atom stereocenters. The molecule has 3 aromatic rings. The molecule has 5 nitrogen and oxygen atoms in total. The number of carbonyl (C=O) groups is 1. The predicted molar refractivity (Wildman–Crippen MR) is 98.8 cm³/mol. The monoisotopic (exact) mass is 367 g/mol. The van der Waals surface area contributed by atoms with Gasteiger partial charge < -0.3 is 9.42 Å². The van der Waals surface area contributed by atoms with Crippen molar-refractivity contribution in [3.05, 3.63) is 71.1 Å². The van der Waals surface area contributed by atoms with Gasteiger partial charge in [-0.15, -0.1) is 0 Å². The first kappa shape index (κ1) is 16.8. The van der Waals surface area contributed by atoms with E-state index < -0.39 is 0 Å². The van der Waals surface area contributed by atoms with Crippen LogP contribution >= 0.6 is 11.6 Å². The zero-order chi connectivity index (χ0) is 17.9. The highest BCUT2D eigenvalue weighted by Gasteiger charge is 2.32. The molecule has 6 heteroatoms. The molecule has 0 aliphatic carbocycles. The fourth-order valence-corrected chi connectivity index (χ4v) is 3.52. The van der Waals surface area contributed by atoms with Crippen molar-refractivity contribution >= 4 is 17.5 Å². The number of benzene rings is 2. The Morgan fingerprint density at radius 3 is 2.65 bits per heavy atom. The average Bonchev–Trinajstić information content (AvgIpc) is 3.18. The van der Waals surface area contributed by atoms with Crippen LogP contribution in [0.25, 0.3) is 11.4 Å². The number of aromatic nitrogens is 2. The smallest absolute Gasteiger partial charge is 0.254 e. The molecule has 1 aliphatic rings. The molecule has 1 atom stereocenters. The molecule has 2 aromatic carbocycles. The van der Waals surface area contributed by atoms with Crippen LogP contribution in [-0.2, 0) is 0 Å². The van der Waals surface area contributed by atoms with E-state index in [9.17, 15) is 4.79 Å². The van der Waals surface area contributed by atoms with Gasteiger partial charge >= 0.3 is 0 Å². The van der Waals surface area contributed by atoms with Gasteiger partial charge in [0.25, 0.3) is 5.91 Å². The van der Waals surface area contributed by atoms with Gasteiger partial charge in [-0.25, -0.2) is 0 Å². The number of carbonyl (C=O) groups excluding carboxylic acids is 1. The first-order valence-electron chi connectivity index (χ1n) is 8.68. The van der Waals surface area contributed by atoms with E-state index in [1.807, 2.05) is 53.4 Å². The van der Waals surface area contributed by atoms with Crippen LogP contribution in [0, 0.1) is 0 Å². The van der Waals surface area contributed by atoms with Crippen molar-refractivity contribution in [1.82, 2.24) is 15.0 Å². The fraction of sp³-hybridized carbons (Fsp3) is 0.250. The van der Waals surface area contributed by atoms with E-state index in [4.69, 9.17) is 16.1 Å². The van der Waals surface area contributed by atoms with Crippen LogP contribution in [0.15, 0.2) is 59.1 Å². The van der Waals surface area contributed by atoms with E-state index in [-0.39, 0.29) is 11.9 Å². The molecule has 1 aliphatic heterocycles. The number of amides is 1. The van der Waals surface area contributed by atoms with Gasteiger partial charge in [0, 0.05) is 17.7 Å². The lowest BCUT2D eigenvalue weighted by Crippen LogP contribution is -2.38. The zero-order valence-corrected chi connectivity index (χ0v) is 14.9. The summed E-state index contributed by atoms with van der Waals surface area (Å²) in [6.07, 6.45) is 2.80. The van der Waals surface area contributed by atoms with Crippen LogP contribution in [0.4, 0.5) is 0 Å². The standard InChI is InChI=1S/C20H18ClN3O2/c21-16-11-5-4-10-15(16)18-22-19(26-23-18)17-12-6-7-13-24(17)20(25)14-8-2-1-3-9-14/h1-5,8-11,17H,6-7,12-13H2. The van der Waals surface area contributed by atoms with Crippen molar-refractivity contribution in [2.45, 2.75) is 25.3 Å². The number of likely N-dealkylation sites (tertiary alicyclic amines) is 1. The number of nitrogens with zero attached hydrogens (tertiary/aromatic N) is 3. The molecule has 1 amide bonds. The van der Waals surface area contributed by atoms with Crippen molar-refractivity contribution in [2.75, 3.05) is 6.54 Å². The maximum absolute atomic E-state index is 12.9. The predicted octanol–water partition coefficient (Wildman–Crippen LogP) is 4.76. The number of piperidine rings is 1.